The van der Waals surface area contributed by atoms with Crippen LogP contribution in [-0.4, -0.2) is 52.6 Å². The molecule has 19 heavy (non-hydrogen) atoms. The van der Waals surface area contributed by atoms with Crippen LogP contribution in [0.15, 0.2) is 0 Å². The summed E-state index contributed by atoms with van der Waals surface area (Å²) in [5.74, 6) is 1.56. The van der Waals surface area contributed by atoms with E-state index in [1.54, 1.807) is 4.90 Å². The zero-order valence-electron chi connectivity index (χ0n) is 11.7. The lowest BCUT2D eigenvalue weighted by atomic mass is 10.0. The fraction of sp³-hybridized carbons (Fsp3) is 0.846. The molecule has 1 aliphatic rings. The topological polar surface area (TPSA) is 69.6 Å². The van der Waals surface area contributed by atoms with Gasteiger partial charge in [-0.05, 0) is 31.4 Å². The van der Waals surface area contributed by atoms with E-state index < -0.39 is 5.97 Å². The minimum Gasteiger partial charge on any atom is -0.481 e. The smallest absolute Gasteiger partial charge is 0.317 e. The number of hydrogen-bond acceptors (Lipinski definition) is 3. The van der Waals surface area contributed by atoms with Gasteiger partial charge in [-0.3, -0.25) is 4.79 Å². The number of urea groups is 1. The molecule has 0 saturated carbocycles. The molecule has 0 radical (unpaired) electrons. The normalized spacial score (nSPS) is 20.3. The minimum atomic E-state index is -0.756. The molecule has 0 aliphatic carbocycles. The molecule has 2 N–H and O–H groups in total. The third-order valence-corrected chi connectivity index (χ3v) is 4.43. The van der Waals surface area contributed by atoms with Crippen LogP contribution in [0.4, 0.5) is 4.79 Å². The summed E-state index contributed by atoms with van der Waals surface area (Å²) in [6.45, 7) is 5.54. The third kappa shape index (κ3) is 6.18. The molecule has 0 aromatic carbocycles. The molecular weight excluding hydrogens is 264 g/mol. The number of amides is 2. The van der Waals surface area contributed by atoms with E-state index in [9.17, 15) is 9.59 Å². The van der Waals surface area contributed by atoms with E-state index in [2.05, 4.69) is 12.2 Å². The van der Waals surface area contributed by atoms with E-state index >= 15 is 0 Å². The number of nitrogens with zero attached hydrogens (tertiary/aromatic N) is 1. The average Bonchev–Trinajstić information content (AvgIpc) is 2.82. The second kappa shape index (κ2) is 8.30. The maximum Gasteiger partial charge on any atom is 0.317 e. The van der Waals surface area contributed by atoms with E-state index in [1.165, 1.54) is 0 Å². The predicted octanol–water partition coefficient (Wildman–Crippen LogP) is 2.02. The van der Waals surface area contributed by atoms with E-state index in [1.807, 2.05) is 18.7 Å². The van der Waals surface area contributed by atoms with Gasteiger partial charge in [0.2, 0.25) is 0 Å². The first-order chi connectivity index (χ1) is 9.02. The van der Waals surface area contributed by atoms with E-state index in [0.29, 0.717) is 18.9 Å². The fourth-order valence-electron chi connectivity index (χ4n) is 2.22. The number of carbonyl (C=O) groups excluding carboxylic acids is 1. The maximum atomic E-state index is 12.0. The van der Waals surface area contributed by atoms with Crippen molar-refractivity contribution < 1.29 is 14.7 Å². The first-order valence-electron chi connectivity index (χ1n) is 6.87. The van der Waals surface area contributed by atoms with Gasteiger partial charge < -0.3 is 15.3 Å². The number of carbonyl (C=O) groups is 2. The summed E-state index contributed by atoms with van der Waals surface area (Å²) in [7, 11) is 0. The van der Waals surface area contributed by atoms with Crippen molar-refractivity contribution in [2.75, 3.05) is 24.6 Å². The van der Waals surface area contributed by atoms with Crippen molar-refractivity contribution in [2.24, 2.45) is 5.92 Å². The van der Waals surface area contributed by atoms with Crippen LogP contribution in [-0.2, 0) is 4.79 Å². The molecule has 6 heteroatoms. The van der Waals surface area contributed by atoms with E-state index in [-0.39, 0.29) is 18.5 Å². The standard InChI is InChI=1S/C13H24N2O3S/c1-3-19-9-10(2)14-13(18)15-7-6-11(8-15)4-5-12(16)17/h10-11H,3-9H2,1-2H3,(H,14,18)(H,16,17). The molecule has 5 nitrogen and oxygen atoms in total. The van der Waals surface area contributed by atoms with Gasteiger partial charge in [0.15, 0.2) is 0 Å². The third-order valence-electron chi connectivity index (χ3n) is 3.28. The number of hydrogen-bond donors (Lipinski definition) is 2. The number of nitrogens with one attached hydrogen (secondary N) is 1. The molecule has 1 fully saturated rings. The van der Waals surface area contributed by atoms with Gasteiger partial charge in [0.25, 0.3) is 0 Å². The Hall–Kier alpha value is -0.910. The lowest BCUT2D eigenvalue weighted by Crippen LogP contribution is -2.43. The SMILES string of the molecule is CCSCC(C)NC(=O)N1CCC(CCC(=O)O)C1. The maximum absolute atomic E-state index is 12.0. The van der Waals surface area contributed by atoms with Gasteiger partial charge in [-0.1, -0.05) is 6.92 Å². The van der Waals surface area contributed by atoms with Crippen molar-refractivity contribution in [3.8, 4) is 0 Å². The minimum absolute atomic E-state index is 0.0120. The highest BCUT2D eigenvalue weighted by atomic mass is 32.2. The number of likely N-dealkylation sites (tertiary alicyclic amines) is 1. The zero-order valence-corrected chi connectivity index (χ0v) is 12.5. The van der Waals surface area contributed by atoms with Crippen LogP contribution in [0.2, 0.25) is 0 Å². The highest BCUT2D eigenvalue weighted by molar-refractivity contribution is 7.99. The summed E-state index contributed by atoms with van der Waals surface area (Å²) in [6, 6.07) is 0.164. The van der Waals surface area contributed by atoms with Crippen LogP contribution < -0.4 is 5.32 Å². The first kappa shape index (κ1) is 16.1. The lowest BCUT2D eigenvalue weighted by Gasteiger charge is -2.20. The molecule has 0 bridgehead atoms. The summed E-state index contributed by atoms with van der Waals surface area (Å²) in [5.41, 5.74) is 0. The Balaban J connectivity index is 2.25. The van der Waals surface area contributed by atoms with Crippen molar-refractivity contribution in [1.29, 1.82) is 0 Å². The Labute approximate surface area is 119 Å². The summed E-state index contributed by atoms with van der Waals surface area (Å²) < 4.78 is 0. The molecule has 2 atom stereocenters. The predicted molar refractivity (Wildman–Crippen MR) is 77.5 cm³/mol. The number of carboxylic acid groups (broad SMARTS) is 1. The zero-order chi connectivity index (χ0) is 14.3. The molecule has 2 unspecified atom stereocenters. The number of thioether (sulfide) groups is 1. The Morgan fingerprint density at radius 2 is 2.26 bits per heavy atom. The Bertz CT molecular complexity index is 312. The van der Waals surface area contributed by atoms with Crippen LogP contribution in [0, 0.1) is 5.92 Å². The highest BCUT2D eigenvalue weighted by Gasteiger charge is 2.26. The van der Waals surface area contributed by atoms with Crippen molar-refractivity contribution >= 4 is 23.8 Å². The largest absolute Gasteiger partial charge is 0.481 e. The van der Waals surface area contributed by atoms with E-state index in [0.717, 1.165) is 24.5 Å². The molecule has 1 heterocycles. The Morgan fingerprint density at radius 1 is 1.53 bits per heavy atom. The highest BCUT2D eigenvalue weighted by Crippen LogP contribution is 2.21. The number of aliphatic carboxylic acids is 1. The van der Waals surface area contributed by atoms with Gasteiger partial charge in [-0.15, -0.1) is 0 Å². The van der Waals surface area contributed by atoms with E-state index in [4.69, 9.17) is 5.11 Å². The van der Waals surface area contributed by atoms with Gasteiger partial charge in [0.1, 0.15) is 0 Å². The number of carboxylic acids is 1. The molecule has 0 aromatic rings. The quantitative estimate of drug-likeness (QED) is 0.752. The first-order valence-corrected chi connectivity index (χ1v) is 8.03. The number of rotatable bonds is 7. The van der Waals surface area contributed by atoms with Crippen LogP contribution in [0.1, 0.15) is 33.1 Å². The monoisotopic (exact) mass is 288 g/mol. The van der Waals surface area contributed by atoms with Crippen LogP contribution in [0.25, 0.3) is 0 Å². The molecular formula is C13H24N2O3S. The second-order valence-electron chi connectivity index (χ2n) is 5.04. The van der Waals surface area contributed by atoms with Gasteiger partial charge in [-0.2, -0.15) is 11.8 Å². The van der Waals surface area contributed by atoms with Gasteiger partial charge >= 0.3 is 12.0 Å². The summed E-state index contributed by atoms with van der Waals surface area (Å²) in [4.78, 5) is 24.3. The Kier molecular flexibility index (Phi) is 7.05. The fourth-order valence-corrected chi connectivity index (χ4v) is 2.89. The van der Waals surface area contributed by atoms with Crippen molar-refractivity contribution in [3.05, 3.63) is 0 Å². The Morgan fingerprint density at radius 3 is 2.89 bits per heavy atom. The van der Waals surface area contributed by atoms with Crippen molar-refractivity contribution in [3.63, 3.8) is 0 Å². The molecule has 1 saturated heterocycles. The molecule has 0 aromatic heterocycles. The van der Waals surface area contributed by atoms with Crippen molar-refractivity contribution in [1.82, 2.24) is 10.2 Å². The van der Waals surface area contributed by atoms with Crippen molar-refractivity contribution in [2.45, 2.75) is 39.2 Å². The van der Waals surface area contributed by atoms with Gasteiger partial charge in [0.05, 0.1) is 0 Å². The van der Waals surface area contributed by atoms with Gasteiger partial charge in [0, 0.05) is 31.3 Å². The molecule has 1 rings (SSSR count). The summed E-state index contributed by atoms with van der Waals surface area (Å²) >= 11 is 1.81. The second-order valence-corrected chi connectivity index (χ2v) is 6.36. The van der Waals surface area contributed by atoms with Crippen LogP contribution in [0.5, 0.6) is 0 Å². The molecule has 1 aliphatic heterocycles. The molecule has 110 valence electrons. The summed E-state index contributed by atoms with van der Waals surface area (Å²) in [6.07, 6.45) is 1.78. The lowest BCUT2D eigenvalue weighted by molar-refractivity contribution is -0.137. The summed E-state index contributed by atoms with van der Waals surface area (Å²) in [5, 5.41) is 11.6. The average molecular weight is 288 g/mol. The molecule has 0 spiro atoms. The van der Waals surface area contributed by atoms with Crippen LogP contribution >= 0.6 is 11.8 Å². The molecule has 2 amide bonds. The van der Waals surface area contributed by atoms with Crippen LogP contribution in [0.3, 0.4) is 0 Å². The van der Waals surface area contributed by atoms with Gasteiger partial charge in [-0.25, -0.2) is 4.79 Å².